The van der Waals surface area contributed by atoms with Crippen LogP contribution in [0.5, 0.6) is 5.88 Å². The Bertz CT molecular complexity index is 568. The molecule has 0 spiro atoms. The first-order valence-corrected chi connectivity index (χ1v) is 4.49. The van der Waals surface area contributed by atoms with Crippen LogP contribution in [0.3, 0.4) is 0 Å². The van der Waals surface area contributed by atoms with E-state index < -0.39 is 4.92 Å². The van der Waals surface area contributed by atoms with Gasteiger partial charge in [0, 0.05) is 6.07 Å². The van der Waals surface area contributed by atoms with Crippen LogP contribution in [0.1, 0.15) is 0 Å². The summed E-state index contributed by atoms with van der Waals surface area (Å²) in [4.78, 5) is 10.3. The first kappa shape index (κ1) is 10.2. The lowest BCUT2D eigenvalue weighted by Gasteiger charge is -2.05. The van der Waals surface area contributed by atoms with Crippen molar-refractivity contribution < 1.29 is 14.4 Å². The highest BCUT2D eigenvalue weighted by atomic mass is 16.6. The molecule has 0 aliphatic carbocycles. The predicted molar refractivity (Wildman–Crippen MR) is 56.1 cm³/mol. The van der Waals surface area contributed by atoms with Crippen molar-refractivity contribution in [3.63, 3.8) is 0 Å². The summed E-state index contributed by atoms with van der Waals surface area (Å²) in [6, 6.07) is 7.44. The van der Waals surface area contributed by atoms with Gasteiger partial charge in [-0.25, -0.2) is 0 Å². The molecule has 82 valence electrons. The third-order valence-electron chi connectivity index (χ3n) is 2.26. The largest absolute Gasteiger partial charge is 0.616 e. The molecule has 6 heteroatoms. The van der Waals surface area contributed by atoms with Gasteiger partial charge in [0.05, 0.1) is 12.0 Å². The van der Waals surface area contributed by atoms with Crippen LogP contribution in [-0.2, 0) is 0 Å². The van der Waals surface area contributed by atoms with E-state index in [1.165, 1.54) is 19.2 Å². The molecule has 1 aromatic heterocycles. The summed E-state index contributed by atoms with van der Waals surface area (Å²) in [5, 5.41) is 22.8. The monoisotopic (exact) mass is 220 g/mol. The molecule has 0 unspecified atom stereocenters. The van der Waals surface area contributed by atoms with Crippen molar-refractivity contribution in [3.8, 4) is 5.88 Å². The number of hydrogen-bond acceptors (Lipinski definition) is 4. The Morgan fingerprint density at radius 2 is 2.06 bits per heavy atom. The van der Waals surface area contributed by atoms with Crippen LogP contribution in [-0.4, -0.2) is 12.0 Å². The molecule has 0 bridgehead atoms. The molecule has 6 nitrogen and oxygen atoms in total. The maximum atomic E-state index is 11.7. The van der Waals surface area contributed by atoms with Gasteiger partial charge in [-0.15, -0.1) is 4.73 Å². The molecule has 0 saturated heterocycles. The van der Waals surface area contributed by atoms with E-state index >= 15 is 0 Å². The number of ether oxygens (including phenoxy) is 1. The second-order valence-corrected chi connectivity index (χ2v) is 3.14. The standard InChI is InChI=1S/C10H8N2O4/c1-16-10-6-9(12(14)15)7-4-2-3-5-8(7)11(10)13/h2-6H,1H3. The fourth-order valence-electron chi connectivity index (χ4n) is 1.53. The van der Waals surface area contributed by atoms with E-state index in [0.29, 0.717) is 10.1 Å². The summed E-state index contributed by atoms with van der Waals surface area (Å²) >= 11 is 0. The van der Waals surface area contributed by atoms with Gasteiger partial charge in [0.2, 0.25) is 5.52 Å². The number of aromatic nitrogens is 1. The van der Waals surface area contributed by atoms with Crippen molar-refractivity contribution in [1.29, 1.82) is 0 Å². The maximum Gasteiger partial charge on any atom is 0.386 e. The highest BCUT2D eigenvalue weighted by molar-refractivity contribution is 5.85. The van der Waals surface area contributed by atoms with Crippen molar-refractivity contribution >= 4 is 16.6 Å². The lowest BCUT2D eigenvalue weighted by atomic mass is 10.2. The third kappa shape index (κ3) is 1.40. The normalized spacial score (nSPS) is 10.3. The van der Waals surface area contributed by atoms with Crippen LogP contribution in [0.15, 0.2) is 30.3 Å². The van der Waals surface area contributed by atoms with Crippen molar-refractivity contribution in [2.24, 2.45) is 0 Å². The fourth-order valence-corrected chi connectivity index (χ4v) is 1.53. The molecule has 2 rings (SSSR count). The molecule has 0 atom stereocenters. The first-order valence-electron chi connectivity index (χ1n) is 4.49. The number of methoxy groups -OCH3 is 1. The van der Waals surface area contributed by atoms with Crippen LogP contribution in [0, 0.1) is 15.3 Å². The molecular formula is C10H8N2O4. The molecule has 0 radical (unpaired) electrons. The van der Waals surface area contributed by atoms with Crippen molar-refractivity contribution in [3.05, 3.63) is 45.7 Å². The van der Waals surface area contributed by atoms with Crippen molar-refractivity contribution in [2.75, 3.05) is 7.11 Å². The minimum absolute atomic E-state index is 0.0922. The van der Waals surface area contributed by atoms with Gasteiger partial charge in [-0.1, -0.05) is 12.1 Å². The molecule has 1 heterocycles. The summed E-state index contributed by atoms with van der Waals surface area (Å²) in [5.41, 5.74) is 0.0769. The quantitative estimate of drug-likeness (QED) is 0.331. The molecule has 16 heavy (non-hydrogen) atoms. The SMILES string of the molecule is COc1cc([N+](=O)[O-])c2ccccc2[n+]1[O-]. The summed E-state index contributed by atoms with van der Waals surface area (Å²) < 4.78 is 5.32. The van der Waals surface area contributed by atoms with E-state index in [4.69, 9.17) is 4.74 Å². The van der Waals surface area contributed by atoms with Crippen LogP contribution < -0.4 is 9.47 Å². The predicted octanol–water partition coefficient (Wildman–Crippen LogP) is 1.39. The lowest BCUT2D eigenvalue weighted by Crippen LogP contribution is -2.29. The molecule has 0 aliphatic rings. The van der Waals surface area contributed by atoms with E-state index in [2.05, 4.69) is 0 Å². The highest BCUT2D eigenvalue weighted by Gasteiger charge is 2.22. The van der Waals surface area contributed by atoms with Gasteiger partial charge >= 0.3 is 5.88 Å². The number of nitrogens with zero attached hydrogens (tertiary/aromatic N) is 2. The average molecular weight is 220 g/mol. The maximum absolute atomic E-state index is 11.7. The number of para-hydroxylation sites is 1. The molecule has 2 aromatic rings. The van der Waals surface area contributed by atoms with Gasteiger partial charge in [-0.05, 0) is 6.07 Å². The van der Waals surface area contributed by atoms with Crippen LogP contribution in [0.4, 0.5) is 5.69 Å². The van der Waals surface area contributed by atoms with Gasteiger partial charge < -0.3 is 9.94 Å². The minimum Gasteiger partial charge on any atom is -0.616 e. The number of rotatable bonds is 2. The van der Waals surface area contributed by atoms with Gasteiger partial charge in [-0.2, -0.15) is 0 Å². The Kier molecular flexibility index (Phi) is 2.32. The van der Waals surface area contributed by atoms with Crippen molar-refractivity contribution in [1.82, 2.24) is 0 Å². The van der Waals surface area contributed by atoms with E-state index in [9.17, 15) is 15.3 Å². The number of hydrogen-bond donors (Lipinski definition) is 0. The highest BCUT2D eigenvalue weighted by Crippen LogP contribution is 2.26. The Morgan fingerprint density at radius 1 is 1.38 bits per heavy atom. The lowest BCUT2D eigenvalue weighted by molar-refractivity contribution is -0.585. The molecule has 0 saturated carbocycles. The molecule has 0 N–H and O–H groups in total. The van der Waals surface area contributed by atoms with Gasteiger partial charge in [-0.3, -0.25) is 10.1 Å². The Balaban J connectivity index is 2.90. The summed E-state index contributed by atoms with van der Waals surface area (Å²) in [7, 11) is 1.29. The van der Waals surface area contributed by atoms with Crippen LogP contribution >= 0.6 is 0 Å². The third-order valence-corrected chi connectivity index (χ3v) is 2.26. The van der Waals surface area contributed by atoms with Gasteiger partial charge in [0.25, 0.3) is 5.69 Å². The van der Waals surface area contributed by atoms with Crippen LogP contribution in [0.2, 0.25) is 0 Å². The zero-order valence-electron chi connectivity index (χ0n) is 8.41. The fraction of sp³-hybridized carbons (Fsp3) is 0.100. The molecule has 0 amide bonds. The Morgan fingerprint density at radius 3 is 2.69 bits per heavy atom. The van der Waals surface area contributed by atoms with Crippen molar-refractivity contribution in [2.45, 2.75) is 0 Å². The number of benzene rings is 1. The van der Waals surface area contributed by atoms with E-state index in [-0.39, 0.29) is 17.1 Å². The molecule has 1 aromatic carbocycles. The number of nitro groups is 1. The molecular weight excluding hydrogens is 212 g/mol. The van der Waals surface area contributed by atoms with Gasteiger partial charge in [0.1, 0.15) is 11.5 Å². The zero-order valence-corrected chi connectivity index (χ0v) is 8.41. The second-order valence-electron chi connectivity index (χ2n) is 3.14. The average Bonchev–Trinajstić information content (AvgIpc) is 2.29. The number of fused-ring (bicyclic) bond motifs is 1. The minimum atomic E-state index is -0.537. The van der Waals surface area contributed by atoms with E-state index in [0.717, 1.165) is 6.07 Å². The topological polar surface area (TPSA) is 79.3 Å². The molecule has 0 fully saturated rings. The number of pyridine rings is 1. The Hall–Kier alpha value is -2.37. The summed E-state index contributed by atoms with van der Waals surface area (Å²) in [6.45, 7) is 0. The summed E-state index contributed by atoms with van der Waals surface area (Å²) in [6.07, 6.45) is 0. The second kappa shape index (κ2) is 3.65. The van der Waals surface area contributed by atoms with E-state index in [1.807, 2.05) is 0 Å². The zero-order chi connectivity index (χ0) is 11.7. The van der Waals surface area contributed by atoms with Gasteiger partial charge in [0.15, 0.2) is 0 Å². The smallest absolute Gasteiger partial charge is 0.386 e. The molecule has 0 aliphatic heterocycles. The van der Waals surface area contributed by atoms with Crippen LogP contribution in [0.25, 0.3) is 10.9 Å². The van der Waals surface area contributed by atoms with E-state index in [1.54, 1.807) is 12.1 Å². The summed E-state index contributed by atoms with van der Waals surface area (Å²) in [5.74, 6) is -0.0922. The Labute approximate surface area is 90.4 Å². The first-order chi connectivity index (χ1) is 7.65.